The molecule has 0 aliphatic carbocycles. The van der Waals surface area contributed by atoms with Gasteiger partial charge < -0.3 is 9.73 Å². The van der Waals surface area contributed by atoms with Crippen molar-refractivity contribution in [3.05, 3.63) is 94.7 Å². The largest absolute Gasteiger partial charge is 0.451 e. The maximum atomic E-state index is 12.7. The Bertz CT molecular complexity index is 1430. The zero-order chi connectivity index (χ0) is 22.9. The monoisotopic (exact) mass is 500 g/mol. The molecule has 2 aromatic heterocycles. The first-order valence-corrected chi connectivity index (χ1v) is 11.4. The van der Waals surface area contributed by atoms with Gasteiger partial charge in [0, 0.05) is 15.7 Å². The van der Waals surface area contributed by atoms with Gasteiger partial charge in [0.1, 0.15) is 16.8 Å². The van der Waals surface area contributed by atoms with Crippen LogP contribution in [0.5, 0.6) is 0 Å². The number of rotatable bonds is 5. The molecule has 0 saturated carbocycles. The number of fused-ring (bicyclic) bond motifs is 1. The molecule has 164 valence electrons. The van der Waals surface area contributed by atoms with Gasteiger partial charge in [-0.2, -0.15) is 4.80 Å². The maximum Gasteiger partial charge on any atom is 0.291 e. The van der Waals surface area contributed by atoms with Gasteiger partial charge in [0.25, 0.3) is 5.91 Å². The third-order valence-corrected chi connectivity index (χ3v) is 5.92. The number of carbonyl (C=O) groups excluding carboxylic acids is 1. The van der Waals surface area contributed by atoms with Crippen molar-refractivity contribution in [3.63, 3.8) is 0 Å². The minimum Gasteiger partial charge on any atom is -0.451 e. The van der Waals surface area contributed by atoms with E-state index < -0.39 is 0 Å². The molecule has 0 spiro atoms. The number of nitrogens with zero attached hydrogens (tertiary/aromatic N) is 3. The van der Waals surface area contributed by atoms with E-state index in [9.17, 15) is 4.79 Å². The number of halogens is 1. The minimum absolute atomic E-state index is 0.238. The Morgan fingerprint density at radius 3 is 2.36 bits per heavy atom. The number of furan rings is 1. The van der Waals surface area contributed by atoms with Gasteiger partial charge in [0.05, 0.1) is 5.69 Å². The summed E-state index contributed by atoms with van der Waals surface area (Å²) in [6.07, 6.45) is 0. The summed E-state index contributed by atoms with van der Waals surface area (Å²) in [6.45, 7) is 4.32. The van der Waals surface area contributed by atoms with Crippen LogP contribution in [-0.4, -0.2) is 20.9 Å². The number of benzene rings is 3. The summed E-state index contributed by atoms with van der Waals surface area (Å²) in [5, 5.41) is 12.0. The lowest BCUT2D eigenvalue weighted by atomic mass is 10.0. The van der Waals surface area contributed by atoms with Crippen molar-refractivity contribution in [2.75, 3.05) is 5.32 Å². The highest BCUT2D eigenvalue weighted by Crippen LogP contribution is 2.25. The Morgan fingerprint density at radius 2 is 1.64 bits per heavy atom. The van der Waals surface area contributed by atoms with E-state index >= 15 is 0 Å². The number of carbonyl (C=O) groups is 1. The van der Waals surface area contributed by atoms with Crippen LogP contribution in [0.3, 0.4) is 0 Å². The summed E-state index contributed by atoms with van der Waals surface area (Å²) in [7, 11) is 0. The average molecular weight is 501 g/mol. The smallest absolute Gasteiger partial charge is 0.291 e. The predicted molar refractivity (Wildman–Crippen MR) is 133 cm³/mol. The van der Waals surface area contributed by atoms with Gasteiger partial charge in [0.15, 0.2) is 5.76 Å². The van der Waals surface area contributed by atoms with Crippen LogP contribution >= 0.6 is 15.9 Å². The molecule has 1 N–H and O–H groups in total. The SMILES string of the molecule is CC(C)c1ccc(-n2nc3ccc(NC(=O)c4ccc(-c5ccc(Br)cc5)o4)cc3n2)cc1. The molecular weight excluding hydrogens is 480 g/mol. The second-order valence-electron chi connectivity index (χ2n) is 8.06. The molecule has 5 aromatic rings. The second-order valence-corrected chi connectivity index (χ2v) is 8.98. The van der Waals surface area contributed by atoms with Crippen molar-refractivity contribution < 1.29 is 9.21 Å². The lowest BCUT2D eigenvalue weighted by Crippen LogP contribution is -2.10. The Balaban J connectivity index is 1.34. The van der Waals surface area contributed by atoms with E-state index in [1.54, 1.807) is 29.1 Å². The molecule has 7 heteroatoms. The van der Waals surface area contributed by atoms with Gasteiger partial charge >= 0.3 is 0 Å². The second kappa shape index (κ2) is 8.67. The van der Waals surface area contributed by atoms with Crippen LogP contribution in [0, 0.1) is 0 Å². The predicted octanol–water partition coefficient (Wildman–Crippen LogP) is 6.82. The fourth-order valence-corrected chi connectivity index (χ4v) is 3.79. The van der Waals surface area contributed by atoms with Crippen molar-refractivity contribution in [1.29, 1.82) is 0 Å². The highest BCUT2D eigenvalue weighted by molar-refractivity contribution is 9.10. The molecule has 0 fully saturated rings. The van der Waals surface area contributed by atoms with E-state index in [4.69, 9.17) is 4.42 Å². The summed E-state index contributed by atoms with van der Waals surface area (Å²) >= 11 is 3.42. The van der Waals surface area contributed by atoms with Crippen LogP contribution < -0.4 is 5.32 Å². The Hall–Kier alpha value is -3.71. The van der Waals surface area contributed by atoms with Gasteiger partial charge in [-0.05, 0) is 66.1 Å². The minimum atomic E-state index is -0.325. The zero-order valence-electron chi connectivity index (χ0n) is 18.1. The first kappa shape index (κ1) is 21.2. The molecule has 0 aliphatic rings. The molecule has 0 unspecified atom stereocenters. The number of nitrogens with one attached hydrogen (secondary N) is 1. The molecule has 6 nitrogen and oxygen atoms in total. The van der Waals surface area contributed by atoms with Crippen LogP contribution in [0.2, 0.25) is 0 Å². The van der Waals surface area contributed by atoms with E-state index in [-0.39, 0.29) is 11.7 Å². The number of aromatic nitrogens is 3. The molecule has 0 saturated heterocycles. The third-order valence-electron chi connectivity index (χ3n) is 5.39. The Morgan fingerprint density at radius 1 is 0.909 bits per heavy atom. The number of hydrogen-bond donors (Lipinski definition) is 1. The van der Waals surface area contributed by atoms with Crippen LogP contribution in [-0.2, 0) is 0 Å². The highest BCUT2D eigenvalue weighted by Gasteiger charge is 2.14. The van der Waals surface area contributed by atoms with E-state index in [2.05, 4.69) is 57.4 Å². The zero-order valence-corrected chi connectivity index (χ0v) is 19.7. The van der Waals surface area contributed by atoms with Crippen LogP contribution in [0.1, 0.15) is 35.9 Å². The maximum absolute atomic E-state index is 12.7. The van der Waals surface area contributed by atoms with Gasteiger partial charge in [0.2, 0.25) is 0 Å². The normalized spacial score (nSPS) is 11.3. The number of hydrogen-bond acceptors (Lipinski definition) is 4. The van der Waals surface area contributed by atoms with Crippen molar-refractivity contribution in [3.8, 4) is 17.0 Å². The molecule has 1 amide bonds. The first-order valence-electron chi connectivity index (χ1n) is 10.6. The number of amides is 1. The van der Waals surface area contributed by atoms with Crippen molar-refractivity contribution in [2.24, 2.45) is 0 Å². The van der Waals surface area contributed by atoms with E-state index in [0.717, 1.165) is 21.2 Å². The molecule has 33 heavy (non-hydrogen) atoms. The van der Waals surface area contributed by atoms with Gasteiger partial charge in [-0.15, -0.1) is 10.2 Å². The first-order chi connectivity index (χ1) is 16.0. The van der Waals surface area contributed by atoms with Crippen LogP contribution in [0.4, 0.5) is 5.69 Å². The lowest BCUT2D eigenvalue weighted by Gasteiger charge is -2.05. The fraction of sp³-hybridized carbons (Fsp3) is 0.115. The summed E-state index contributed by atoms with van der Waals surface area (Å²) in [5.74, 6) is 1.01. The molecule has 5 rings (SSSR count). The highest BCUT2D eigenvalue weighted by atomic mass is 79.9. The average Bonchev–Trinajstić information content (AvgIpc) is 3.47. The molecule has 0 radical (unpaired) electrons. The van der Waals surface area contributed by atoms with Crippen molar-refractivity contribution >= 4 is 38.6 Å². The molecular formula is C26H21BrN4O2. The van der Waals surface area contributed by atoms with Crippen LogP contribution in [0.25, 0.3) is 28.0 Å². The van der Waals surface area contributed by atoms with Gasteiger partial charge in [-0.25, -0.2) is 0 Å². The molecule has 2 heterocycles. The Labute approximate surface area is 199 Å². The van der Waals surface area contributed by atoms with E-state index in [1.807, 2.05) is 42.5 Å². The Kier molecular flexibility index (Phi) is 5.56. The molecule has 0 bridgehead atoms. The molecule has 3 aromatic carbocycles. The number of anilines is 1. The van der Waals surface area contributed by atoms with E-state index in [1.165, 1.54) is 5.56 Å². The summed E-state index contributed by atoms with van der Waals surface area (Å²) in [5.41, 5.74) is 5.11. The van der Waals surface area contributed by atoms with Gasteiger partial charge in [-0.1, -0.05) is 54.0 Å². The van der Waals surface area contributed by atoms with Crippen LogP contribution in [0.15, 0.2) is 87.8 Å². The standard InChI is InChI=1S/C26H21BrN4O2/c1-16(2)17-5-10-21(11-6-17)31-29-22-12-9-20(15-23(22)30-31)28-26(32)25-14-13-24(33-25)18-3-7-19(27)8-4-18/h3-16H,1-2H3,(H,28,32). The fourth-order valence-electron chi connectivity index (χ4n) is 3.52. The molecule has 0 aliphatic heterocycles. The lowest BCUT2D eigenvalue weighted by molar-refractivity contribution is 0.0997. The van der Waals surface area contributed by atoms with E-state index in [0.29, 0.717) is 22.9 Å². The topological polar surface area (TPSA) is 73.0 Å². The summed E-state index contributed by atoms with van der Waals surface area (Å²) < 4.78 is 6.74. The molecule has 0 atom stereocenters. The van der Waals surface area contributed by atoms with Crippen molar-refractivity contribution in [2.45, 2.75) is 19.8 Å². The quantitative estimate of drug-likeness (QED) is 0.287. The summed E-state index contributed by atoms with van der Waals surface area (Å²) in [4.78, 5) is 14.3. The van der Waals surface area contributed by atoms with Crippen molar-refractivity contribution in [1.82, 2.24) is 15.0 Å². The third kappa shape index (κ3) is 4.45. The summed E-state index contributed by atoms with van der Waals surface area (Å²) in [6, 6.07) is 24.8. The van der Waals surface area contributed by atoms with Gasteiger partial charge in [-0.3, -0.25) is 4.79 Å².